The molecule has 1 aliphatic carbocycles. The Bertz CT molecular complexity index is 730. The monoisotopic (exact) mass is 406 g/mol. The van der Waals surface area contributed by atoms with E-state index >= 15 is 0 Å². The Kier molecular flexibility index (Phi) is 7.41. The number of hydrogen-bond donors (Lipinski definition) is 3. The standard InChI is InChI=1S/C15H26N4O3S3/c1-3-24(20)13-6-4-5-11(9-13)19-15(17-2)18-10-12-7-8-14(23-12)25(16,21)22/h7-8,11,13H,3-6,9-10H2,1-2H3,(H2,16,21,22)(H2,17,18,19). The van der Waals surface area contributed by atoms with E-state index in [1.54, 1.807) is 13.1 Å². The summed E-state index contributed by atoms with van der Waals surface area (Å²) in [4.78, 5) is 5.08. The number of nitrogens with one attached hydrogen (secondary N) is 2. The minimum atomic E-state index is -3.65. The zero-order valence-electron chi connectivity index (χ0n) is 14.5. The van der Waals surface area contributed by atoms with Gasteiger partial charge in [0.15, 0.2) is 5.96 Å². The van der Waals surface area contributed by atoms with Crippen molar-refractivity contribution in [3.8, 4) is 0 Å². The van der Waals surface area contributed by atoms with E-state index in [0.29, 0.717) is 18.3 Å². The Morgan fingerprint density at radius 2 is 2.20 bits per heavy atom. The summed E-state index contributed by atoms with van der Waals surface area (Å²) in [7, 11) is -2.71. The number of guanidine groups is 1. The maximum Gasteiger partial charge on any atom is 0.247 e. The minimum Gasteiger partial charge on any atom is -0.354 e. The molecular formula is C15H26N4O3S3. The highest BCUT2D eigenvalue weighted by Gasteiger charge is 2.26. The van der Waals surface area contributed by atoms with E-state index in [9.17, 15) is 12.6 Å². The molecule has 0 aliphatic heterocycles. The topological polar surface area (TPSA) is 114 Å². The first-order chi connectivity index (χ1) is 11.8. The highest BCUT2D eigenvalue weighted by atomic mass is 32.2. The molecule has 1 heterocycles. The van der Waals surface area contributed by atoms with Gasteiger partial charge < -0.3 is 10.6 Å². The van der Waals surface area contributed by atoms with E-state index in [1.807, 2.05) is 6.92 Å². The van der Waals surface area contributed by atoms with E-state index in [0.717, 1.165) is 41.9 Å². The molecule has 3 atom stereocenters. The van der Waals surface area contributed by atoms with Crippen molar-refractivity contribution in [3.05, 3.63) is 17.0 Å². The summed E-state index contributed by atoms with van der Waals surface area (Å²) >= 11 is 1.15. The Labute approximate surface area is 156 Å². The quantitative estimate of drug-likeness (QED) is 0.484. The van der Waals surface area contributed by atoms with Crippen molar-refractivity contribution >= 4 is 38.1 Å². The van der Waals surface area contributed by atoms with Crippen LogP contribution in [0.15, 0.2) is 21.3 Å². The highest BCUT2D eigenvalue weighted by molar-refractivity contribution is 7.91. The van der Waals surface area contributed by atoms with E-state index in [1.165, 1.54) is 6.07 Å². The number of rotatable bonds is 6. The number of primary sulfonamides is 1. The van der Waals surface area contributed by atoms with Gasteiger partial charge in [0.25, 0.3) is 0 Å². The van der Waals surface area contributed by atoms with Crippen molar-refractivity contribution < 1.29 is 12.6 Å². The second kappa shape index (κ2) is 9.11. The molecule has 25 heavy (non-hydrogen) atoms. The van der Waals surface area contributed by atoms with Crippen LogP contribution in [0.5, 0.6) is 0 Å². The van der Waals surface area contributed by atoms with Crippen molar-refractivity contribution in [2.24, 2.45) is 10.1 Å². The molecule has 0 aromatic carbocycles. The van der Waals surface area contributed by atoms with Gasteiger partial charge in [-0.2, -0.15) is 0 Å². The molecule has 1 aliphatic rings. The van der Waals surface area contributed by atoms with Gasteiger partial charge in [0, 0.05) is 39.8 Å². The second-order valence-electron chi connectivity index (χ2n) is 5.99. The molecule has 0 bridgehead atoms. The Morgan fingerprint density at radius 3 is 2.80 bits per heavy atom. The maximum atomic E-state index is 12.0. The summed E-state index contributed by atoms with van der Waals surface area (Å²) in [6.07, 6.45) is 4.01. The first-order valence-corrected chi connectivity index (χ1v) is 12.0. The molecule has 2 rings (SSSR count). The molecule has 7 nitrogen and oxygen atoms in total. The first kappa shape index (κ1) is 20.3. The van der Waals surface area contributed by atoms with Crippen LogP contribution in [0.3, 0.4) is 0 Å². The lowest BCUT2D eigenvalue weighted by Crippen LogP contribution is -2.46. The van der Waals surface area contributed by atoms with Crippen LogP contribution in [0, 0.1) is 0 Å². The average molecular weight is 407 g/mol. The zero-order chi connectivity index (χ0) is 18.4. The van der Waals surface area contributed by atoms with Gasteiger partial charge in [-0.05, 0) is 31.4 Å². The van der Waals surface area contributed by atoms with Crippen molar-refractivity contribution in [1.82, 2.24) is 10.6 Å². The molecule has 0 radical (unpaired) electrons. The first-order valence-electron chi connectivity index (χ1n) is 8.29. The largest absolute Gasteiger partial charge is 0.354 e. The van der Waals surface area contributed by atoms with Crippen LogP contribution in [0.2, 0.25) is 0 Å². The van der Waals surface area contributed by atoms with Crippen molar-refractivity contribution in [3.63, 3.8) is 0 Å². The molecular weight excluding hydrogens is 380 g/mol. The highest BCUT2D eigenvalue weighted by Crippen LogP contribution is 2.23. The van der Waals surface area contributed by atoms with Gasteiger partial charge in [-0.3, -0.25) is 9.20 Å². The van der Waals surface area contributed by atoms with Gasteiger partial charge >= 0.3 is 0 Å². The smallest absolute Gasteiger partial charge is 0.247 e. The Morgan fingerprint density at radius 1 is 1.44 bits per heavy atom. The normalized spacial score (nSPS) is 23.2. The van der Waals surface area contributed by atoms with E-state index in [2.05, 4.69) is 15.6 Å². The molecule has 0 saturated heterocycles. The molecule has 4 N–H and O–H groups in total. The molecule has 1 aromatic rings. The van der Waals surface area contributed by atoms with E-state index in [4.69, 9.17) is 5.14 Å². The molecule has 0 spiro atoms. The maximum absolute atomic E-state index is 12.0. The summed E-state index contributed by atoms with van der Waals surface area (Å²) < 4.78 is 34.8. The zero-order valence-corrected chi connectivity index (χ0v) is 17.0. The van der Waals surface area contributed by atoms with Crippen LogP contribution in [-0.2, 0) is 27.4 Å². The van der Waals surface area contributed by atoms with Gasteiger partial charge in [-0.15, -0.1) is 11.3 Å². The number of hydrogen-bond acceptors (Lipinski definition) is 5. The van der Waals surface area contributed by atoms with E-state index in [-0.39, 0.29) is 15.5 Å². The molecule has 142 valence electrons. The molecule has 10 heteroatoms. The van der Waals surface area contributed by atoms with Crippen LogP contribution in [-0.4, -0.2) is 42.7 Å². The summed E-state index contributed by atoms with van der Waals surface area (Å²) in [6.45, 7) is 2.43. The second-order valence-corrected chi connectivity index (χ2v) is 11.0. The van der Waals surface area contributed by atoms with Gasteiger partial charge in [-0.1, -0.05) is 13.3 Å². The predicted octanol–water partition coefficient (Wildman–Crippen LogP) is 1.14. The van der Waals surface area contributed by atoms with Gasteiger partial charge in [0.1, 0.15) is 4.21 Å². The SMILES string of the molecule is CCS(=O)C1CCCC(NC(=NC)NCc2ccc(S(N)(=O)=O)s2)C1. The van der Waals surface area contributed by atoms with E-state index < -0.39 is 20.8 Å². The van der Waals surface area contributed by atoms with Gasteiger partial charge in [0.05, 0.1) is 6.54 Å². The molecule has 1 fully saturated rings. The third kappa shape index (κ3) is 6.05. The Hall–Kier alpha value is -0.970. The lowest BCUT2D eigenvalue weighted by molar-refractivity contribution is 0.413. The molecule has 3 unspecified atom stereocenters. The van der Waals surface area contributed by atoms with Crippen molar-refractivity contribution in [1.29, 1.82) is 0 Å². The van der Waals surface area contributed by atoms with Gasteiger partial charge in [0.2, 0.25) is 10.0 Å². The number of nitrogens with two attached hydrogens (primary N) is 1. The average Bonchev–Trinajstić information content (AvgIpc) is 3.07. The number of thiophene rings is 1. The summed E-state index contributed by atoms with van der Waals surface area (Å²) in [6, 6.07) is 3.51. The van der Waals surface area contributed by atoms with Crippen LogP contribution < -0.4 is 15.8 Å². The summed E-state index contributed by atoms with van der Waals surface area (Å²) in [5.74, 6) is 1.37. The van der Waals surface area contributed by atoms with Crippen molar-refractivity contribution in [2.75, 3.05) is 12.8 Å². The number of sulfonamides is 1. The lowest BCUT2D eigenvalue weighted by atomic mass is 9.95. The Balaban J connectivity index is 1.88. The minimum absolute atomic E-state index is 0.157. The van der Waals surface area contributed by atoms with Crippen LogP contribution in [0.4, 0.5) is 0 Å². The summed E-state index contributed by atoms with van der Waals surface area (Å²) in [5.41, 5.74) is 0. The fraction of sp³-hybridized carbons (Fsp3) is 0.667. The molecule has 1 saturated carbocycles. The van der Waals surface area contributed by atoms with Gasteiger partial charge in [-0.25, -0.2) is 13.6 Å². The molecule has 1 aromatic heterocycles. The fourth-order valence-corrected chi connectivity index (χ4v) is 5.98. The number of aliphatic imine (C=N–C) groups is 1. The predicted molar refractivity (Wildman–Crippen MR) is 104 cm³/mol. The lowest BCUT2D eigenvalue weighted by Gasteiger charge is -2.30. The fourth-order valence-electron chi connectivity index (χ4n) is 2.92. The van der Waals surface area contributed by atoms with Crippen LogP contribution >= 0.6 is 11.3 Å². The van der Waals surface area contributed by atoms with Crippen LogP contribution in [0.25, 0.3) is 0 Å². The third-order valence-electron chi connectivity index (χ3n) is 4.19. The molecule has 0 amide bonds. The number of nitrogens with zero attached hydrogens (tertiary/aromatic N) is 1. The summed E-state index contributed by atoms with van der Waals surface area (Å²) in [5, 5.41) is 12.0. The van der Waals surface area contributed by atoms with Crippen molar-refractivity contribution in [2.45, 2.75) is 54.7 Å². The third-order valence-corrected chi connectivity index (χ3v) is 8.46. The van der Waals surface area contributed by atoms with Crippen LogP contribution in [0.1, 0.15) is 37.5 Å².